The van der Waals surface area contributed by atoms with E-state index in [0.717, 1.165) is 0 Å². The van der Waals surface area contributed by atoms with E-state index in [1.807, 2.05) is 0 Å². The predicted molar refractivity (Wildman–Crippen MR) is 61.9 cm³/mol. The van der Waals surface area contributed by atoms with Crippen molar-refractivity contribution in [3.05, 3.63) is 59.2 Å². The summed E-state index contributed by atoms with van der Waals surface area (Å²) in [6, 6.07) is 8.82. The predicted octanol–water partition coefficient (Wildman–Crippen LogP) is 3.75. The second-order valence-corrected chi connectivity index (χ2v) is 3.76. The van der Waals surface area contributed by atoms with E-state index in [1.165, 1.54) is 30.3 Å². The second-order valence-electron chi connectivity index (χ2n) is 3.76. The molecular weight excluding hydrogens is 222 g/mol. The van der Waals surface area contributed by atoms with Crippen LogP contribution in [0.2, 0.25) is 0 Å². The van der Waals surface area contributed by atoms with E-state index in [2.05, 4.69) is 0 Å². The van der Waals surface area contributed by atoms with Crippen molar-refractivity contribution in [3.8, 4) is 11.1 Å². The summed E-state index contributed by atoms with van der Waals surface area (Å²) in [5, 5.41) is 0. The van der Waals surface area contributed by atoms with Crippen LogP contribution in [0.1, 0.15) is 15.9 Å². The van der Waals surface area contributed by atoms with E-state index < -0.39 is 11.6 Å². The number of aryl methyl sites for hydroxylation is 1. The number of benzene rings is 2. The van der Waals surface area contributed by atoms with Gasteiger partial charge in [0.05, 0.1) is 0 Å². The highest BCUT2D eigenvalue weighted by Crippen LogP contribution is 2.29. The molecule has 0 radical (unpaired) electrons. The van der Waals surface area contributed by atoms with Crippen LogP contribution in [0.5, 0.6) is 0 Å². The van der Waals surface area contributed by atoms with Crippen molar-refractivity contribution in [1.82, 2.24) is 0 Å². The average molecular weight is 232 g/mol. The maximum Gasteiger partial charge on any atom is 0.150 e. The minimum atomic E-state index is -0.556. The van der Waals surface area contributed by atoms with Gasteiger partial charge < -0.3 is 0 Å². The van der Waals surface area contributed by atoms with Crippen LogP contribution in [0.25, 0.3) is 11.1 Å². The van der Waals surface area contributed by atoms with Crippen molar-refractivity contribution in [2.24, 2.45) is 0 Å². The minimum Gasteiger partial charge on any atom is -0.298 e. The molecule has 0 aromatic heterocycles. The molecule has 2 aromatic carbocycles. The third kappa shape index (κ3) is 1.96. The molecule has 0 fully saturated rings. The fraction of sp³-hybridized carbons (Fsp3) is 0.0714. The van der Waals surface area contributed by atoms with Gasteiger partial charge in [0.1, 0.15) is 11.6 Å². The Balaban J connectivity index is 2.78. The van der Waals surface area contributed by atoms with Crippen molar-refractivity contribution in [1.29, 1.82) is 0 Å². The Morgan fingerprint density at radius 1 is 1.06 bits per heavy atom. The average Bonchev–Trinajstić information content (AvgIpc) is 2.34. The van der Waals surface area contributed by atoms with Gasteiger partial charge in [-0.15, -0.1) is 0 Å². The monoisotopic (exact) mass is 232 g/mol. The fourth-order valence-electron chi connectivity index (χ4n) is 1.73. The SMILES string of the molecule is Cc1ccc(C=O)c(-c2ccccc2F)c1F. The van der Waals surface area contributed by atoms with E-state index in [9.17, 15) is 13.6 Å². The third-order valence-electron chi connectivity index (χ3n) is 2.64. The summed E-state index contributed by atoms with van der Waals surface area (Å²) in [7, 11) is 0. The largest absolute Gasteiger partial charge is 0.298 e. The lowest BCUT2D eigenvalue weighted by Gasteiger charge is -2.09. The van der Waals surface area contributed by atoms with Crippen LogP contribution in [-0.2, 0) is 0 Å². The van der Waals surface area contributed by atoms with E-state index in [0.29, 0.717) is 11.8 Å². The van der Waals surface area contributed by atoms with Crippen LogP contribution < -0.4 is 0 Å². The van der Waals surface area contributed by atoms with E-state index in [4.69, 9.17) is 0 Å². The van der Waals surface area contributed by atoms with Gasteiger partial charge in [0.15, 0.2) is 6.29 Å². The molecule has 3 heteroatoms. The number of halogens is 2. The normalized spacial score (nSPS) is 10.3. The summed E-state index contributed by atoms with van der Waals surface area (Å²) in [5.74, 6) is -1.10. The minimum absolute atomic E-state index is 0.0260. The molecule has 0 amide bonds. The summed E-state index contributed by atoms with van der Waals surface area (Å²) >= 11 is 0. The number of hydrogen-bond acceptors (Lipinski definition) is 1. The Kier molecular flexibility index (Phi) is 3.00. The molecule has 17 heavy (non-hydrogen) atoms. The molecular formula is C14H10F2O. The van der Waals surface area contributed by atoms with Gasteiger partial charge in [0.25, 0.3) is 0 Å². The van der Waals surface area contributed by atoms with Gasteiger partial charge in [-0.05, 0) is 18.6 Å². The topological polar surface area (TPSA) is 17.1 Å². The first-order valence-electron chi connectivity index (χ1n) is 5.14. The molecule has 0 heterocycles. The molecule has 0 N–H and O–H groups in total. The zero-order valence-corrected chi connectivity index (χ0v) is 9.21. The number of hydrogen-bond donors (Lipinski definition) is 0. The Morgan fingerprint density at radius 2 is 1.76 bits per heavy atom. The highest BCUT2D eigenvalue weighted by Gasteiger charge is 2.15. The van der Waals surface area contributed by atoms with Crippen molar-refractivity contribution in [2.75, 3.05) is 0 Å². The summed E-state index contributed by atoms with van der Waals surface area (Å²) in [6.45, 7) is 1.58. The first kappa shape index (κ1) is 11.5. The zero-order chi connectivity index (χ0) is 12.4. The van der Waals surface area contributed by atoms with Gasteiger partial charge in [-0.1, -0.05) is 30.3 Å². The molecule has 0 spiro atoms. The molecule has 0 atom stereocenters. The van der Waals surface area contributed by atoms with Crippen LogP contribution in [0.4, 0.5) is 8.78 Å². The van der Waals surface area contributed by atoms with Gasteiger partial charge in [0.2, 0.25) is 0 Å². The maximum absolute atomic E-state index is 14.0. The molecule has 0 bridgehead atoms. The van der Waals surface area contributed by atoms with Crippen LogP contribution in [0.3, 0.4) is 0 Å². The molecule has 0 aliphatic carbocycles. The number of carbonyl (C=O) groups excluding carboxylic acids is 1. The highest BCUT2D eigenvalue weighted by molar-refractivity contribution is 5.88. The molecule has 1 nitrogen and oxygen atoms in total. The molecule has 2 aromatic rings. The summed E-state index contributed by atoms with van der Waals surface area (Å²) in [6.07, 6.45) is 0.532. The van der Waals surface area contributed by atoms with Gasteiger partial charge in [0, 0.05) is 16.7 Å². The van der Waals surface area contributed by atoms with Crippen LogP contribution in [0.15, 0.2) is 36.4 Å². The summed E-state index contributed by atoms with van der Waals surface area (Å²) in [5.41, 5.74) is 0.668. The Labute approximate surface area is 97.7 Å². The molecule has 0 aliphatic rings. The van der Waals surface area contributed by atoms with Crippen molar-refractivity contribution in [2.45, 2.75) is 6.92 Å². The van der Waals surface area contributed by atoms with E-state index >= 15 is 0 Å². The van der Waals surface area contributed by atoms with E-state index in [-0.39, 0.29) is 16.7 Å². The van der Waals surface area contributed by atoms with Crippen LogP contribution in [-0.4, -0.2) is 6.29 Å². The number of carbonyl (C=O) groups is 1. The lowest BCUT2D eigenvalue weighted by Crippen LogP contribution is -1.97. The van der Waals surface area contributed by atoms with Crippen LogP contribution >= 0.6 is 0 Å². The molecule has 0 saturated carbocycles. The maximum atomic E-state index is 14.0. The van der Waals surface area contributed by atoms with Gasteiger partial charge in [-0.2, -0.15) is 0 Å². The number of aldehydes is 1. The number of rotatable bonds is 2. The highest BCUT2D eigenvalue weighted by atomic mass is 19.1. The molecule has 2 rings (SSSR count). The first-order chi connectivity index (χ1) is 8.15. The first-order valence-corrected chi connectivity index (χ1v) is 5.14. The zero-order valence-electron chi connectivity index (χ0n) is 9.21. The standard InChI is InChI=1S/C14H10F2O/c1-9-6-7-10(8-17)13(14(9)16)11-4-2-3-5-12(11)15/h2-8H,1H3. The Morgan fingerprint density at radius 3 is 2.41 bits per heavy atom. The third-order valence-corrected chi connectivity index (χ3v) is 2.64. The summed E-state index contributed by atoms with van der Waals surface area (Å²) < 4.78 is 27.6. The van der Waals surface area contributed by atoms with Crippen molar-refractivity contribution in [3.63, 3.8) is 0 Å². The second kappa shape index (κ2) is 4.45. The van der Waals surface area contributed by atoms with Gasteiger partial charge in [-0.3, -0.25) is 4.79 Å². The van der Waals surface area contributed by atoms with E-state index in [1.54, 1.807) is 13.0 Å². The quantitative estimate of drug-likeness (QED) is 0.720. The Hall–Kier alpha value is -2.03. The van der Waals surface area contributed by atoms with Gasteiger partial charge in [-0.25, -0.2) is 8.78 Å². The smallest absolute Gasteiger partial charge is 0.150 e. The summed E-state index contributed by atoms with van der Waals surface area (Å²) in [4.78, 5) is 10.9. The van der Waals surface area contributed by atoms with Crippen LogP contribution in [0, 0.1) is 18.6 Å². The molecule has 0 saturated heterocycles. The van der Waals surface area contributed by atoms with Crippen molar-refractivity contribution >= 4 is 6.29 Å². The van der Waals surface area contributed by atoms with Crippen molar-refractivity contribution < 1.29 is 13.6 Å². The Bertz CT molecular complexity index is 576. The lowest BCUT2D eigenvalue weighted by molar-refractivity contribution is 0.112. The van der Waals surface area contributed by atoms with Gasteiger partial charge >= 0.3 is 0 Å². The molecule has 86 valence electrons. The lowest BCUT2D eigenvalue weighted by atomic mass is 9.97. The molecule has 0 aliphatic heterocycles. The molecule has 0 unspecified atom stereocenters. The fourth-order valence-corrected chi connectivity index (χ4v) is 1.73.